The van der Waals surface area contributed by atoms with Gasteiger partial charge in [0.15, 0.2) is 5.96 Å². The number of guanidine groups is 1. The molecule has 0 amide bonds. The van der Waals surface area contributed by atoms with Crippen LogP contribution in [0.1, 0.15) is 19.8 Å². The van der Waals surface area contributed by atoms with Crippen LogP contribution in [-0.2, 0) is 4.74 Å². The van der Waals surface area contributed by atoms with E-state index in [9.17, 15) is 0 Å². The van der Waals surface area contributed by atoms with Gasteiger partial charge in [-0.3, -0.25) is 9.89 Å². The molecule has 0 radical (unpaired) electrons. The molecule has 0 spiro atoms. The van der Waals surface area contributed by atoms with Gasteiger partial charge in [-0.25, -0.2) is 0 Å². The topological polar surface area (TPSA) is 52.6 Å². The second-order valence-electron chi connectivity index (χ2n) is 7.57. The van der Waals surface area contributed by atoms with E-state index in [1.54, 1.807) is 7.11 Å². The van der Waals surface area contributed by atoms with E-state index in [0.717, 1.165) is 90.2 Å². The number of rotatable bonds is 8. The minimum Gasteiger partial charge on any atom is -0.497 e. The first-order valence-corrected chi connectivity index (χ1v) is 11.0. The van der Waals surface area contributed by atoms with E-state index in [0.29, 0.717) is 0 Å². The molecule has 7 nitrogen and oxygen atoms in total. The normalized spacial score (nSPS) is 18.1. The van der Waals surface area contributed by atoms with E-state index in [1.165, 1.54) is 12.1 Å². The Bertz CT molecular complexity index is 632. The van der Waals surface area contributed by atoms with Crippen LogP contribution in [0.25, 0.3) is 0 Å². The first-order chi connectivity index (χ1) is 14.3. The molecule has 1 N–H and O–H groups in total. The number of methoxy groups -OCH3 is 1. The number of ether oxygens (including phenoxy) is 2. The summed E-state index contributed by atoms with van der Waals surface area (Å²) in [5.41, 5.74) is 1.23. The van der Waals surface area contributed by atoms with Crippen LogP contribution < -0.4 is 15.0 Å². The highest BCUT2D eigenvalue weighted by atomic mass is 127. The summed E-state index contributed by atoms with van der Waals surface area (Å²) < 4.78 is 10.8. The molecule has 2 aliphatic rings. The maximum Gasteiger partial charge on any atom is 0.194 e. The minimum absolute atomic E-state index is 0. The van der Waals surface area contributed by atoms with Gasteiger partial charge in [0.25, 0.3) is 0 Å². The largest absolute Gasteiger partial charge is 0.497 e. The van der Waals surface area contributed by atoms with Crippen molar-refractivity contribution >= 4 is 35.6 Å². The number of unbranched alkanes of at least 4 members (excludes halogenated alkanes) is 1. The van der Waals surface area contributed by atoms with Gasteiger partial charge >= 0.3 is 0 Å². The third-order valence-corrected chi connectivity index (χ3v) is 5.58. The molecular weight excluding hydrogens is 493 g/mol. The van der Waals surface area contributed by atoms with Gasteiger partial charge in [0.05, 0.1) is 20.3 Å². The molecular formula is C22H38IN5O2. The maximum atomic E-state index is 5.41. The lowest BCUT2D eigenvalue weighted by Gasteiger charge is -2.37. The Morgan fingerprint density at radius 3 is 2.57 bits per heavy atom. The predicted molar refractivity (Wildman–Crippen MR) is 135 cm³/mol. The Morgan fingerprint density at radius 1 is 1.10 bits per heavy atom. The van der Waals surface area contributed by atoms with Crippen LogP contribution in [0.5, 0.6) is 5.75 Å². The fourth-order valence-corrected chi connectivity index (χ4v) is 3.87. The van der Waals surface area contributed by atoms with Crippen molar-refractivity contribution in [2.75, 3.05) is 84.1 Å². The summed E-state index contributed by atoms with van der Waals surface area (Å²) in [7, 11) is 1.72. The molecule has 2 heterocycles. The molecule has 2 aliphatic heterocycles. The van der Waals surface area contributed by atoms with E-state index in [2.05, 4.69) is 45.1 Å². The molecule has 2 saturated heterocycles. The Balaban J connectivity index is 0.00000320. The second-order valence-corrected chi connectivity index (χ2v) is 7.57. The number of anilines is 1. The molecule has 1 aromatic rings. The van der Waals surface area contributed by atoms with Gasteiger partial charge in [0, 0.05) is 64.1 Å². The molecule has 0 atom stereocenters. The lowest BCUT2D eigenvalue weighted by molar-refractivity contribution is 0.0373. The summed E-state index contributed by atoms with van der Waals surface area (Å²) in [5.74, 6) is 1.97. The van der Waals surface area contributed by atoms with Crippen molar-refractivity contribution in [1.82, 2.24) is 15.1 Å². The molecule has 0 bridgehead atoms. The average molecular weight is 531 g/mol. The third kappa shape index (κ3) is 7.77. The van der Waals surface area contributed by atoms with Crippen LogP contribution in [0.2, 0.25) is 0 Å². The van der Waals surface area contributed by atoms with Crippen LogP contribution in [-0.4, -0.2) is 95.0 Å². The molecule has 3 rings (SSSR count). The van der Waals surface area contributed by atoms with Crippen LogP contribution in [0, 0.1) is 0 Å². The Hall–Kier alpha value is -1.26. The summed E-state index contributed by atoms with van der Waals surface area (Å²) in [5, 5.41) is 3.48. The number of halogens is 1. The van der Waals surface area contributed by atoms with Crippen molar-refractivity contribution in [3.63, 3.8) is 0 Å². The standard InChI is InChI=1S/C22H37N5O2.HI/c1-3-23-22(24-9-4-5-10-25-15-17-29-18-16-25)27-13-11-26(12-14-27)20-7-6-8-21(19-20)28-2;/h6-8,19H,3-5,9-18H2,1-2H3,(H,23,24);1H. The zero-order valence-corrected chi connectivity index (χ0v) is 20.8. The smallest absolute Gasteiger partial charge is 0.194 e. The van der Waals surface area contributed by atoms with E-state index in [1.807, 2.05) is 6.07 Å². The molecule has 0 aromatic heterocycles. The molecule has 0 aliphatic carbocycles. The molecule has 0 unspecified atom stereocenters. The monoisotopic (exact) mass is 531 g/mol. The average Bonchev–Trinajstić information content (AvgIpc) is 2.79. The molecule has 2 fully saturated rings. The van der Waals surface area contributed by atoms with Crippen LogP contribution in [0.4, 0.5) is 5.69 Å². The van der Waals surface area contributed by atoms with Crippen LogP contribution in [0.3, 0.4) is 0 Å². The highest BCUT2D eigenvalue weighted by Gasteiger charge is 2.20. The van der Waals surface area contributed by atoms with Crippen molar-refractivity contribution < 1.29 is 9.47 Å². The number of hydrogen-bond acceptors (Lipinski definition) is 5. The molecule has 1 aromatic carbocycles. The fourth-order valence-electron chi connectivity index (χ4n) is 3.87. The van der Waals surface area contributed by atoms with Gasteiger partial charge in [-0.1, -0.05) is 6.07 Å². The Labute approximate surface area is 198 Å². The number of morpholine rings is 1. The van der Waals surface area contributed by atoms with Gasteiger partial charge in [0.1, 0.15) is 5.75 Å². The first-order valence-electron chi connectivity index (χ1n) is 11.0. The van der Waals surface area contributed by atoms with Gasteiger partial charge < -0.3 is 24.6 Å². The highest BCUT2D eigenvalue weighted by molar-refractivity contribution is 14.0. The van der Waals surface area contributed by atoms with E-state index in [-0.39, 0.29) is 24.0 Å². The number of piperazine rings is 1. The zero-order valence-electron chi connectivity index (χ0n) is 18.5. The SMILES string of the molecule is CCNC(=NCCCCN1CCOCC1)N1CCN(c2cccc(OC)c2)CC1.I. The highest BCUT2D eigenvalue weighted by Crippen LogP contribution is 2.22. The number of nitrogens with zero attached hydrogens (tertiary/aromatic N) is 4. The Kier molecular flexibility index (Phi) is 11.6. The molecule has 170 valence electrons. The molecule has 30 heavy (non-hydrogen) atoms. The number of benzene rings is 1. The van der Waals surface area contributed by atoms with Crippen molar-refractivity contribution in [3.05, 3.63) is 24.3 Å². The molecule has 8 heteroatoms. The predicted octanol–water partition coefficient (Wildman–Crippen LogP) is 2.51. The van der Waals surface area contributed by atoms with Gasteiger partial charge in [-0.05, 0) is 38.4 Å². The molecule has 0 saturated carbocycles. The summed E-state index contributed by atoms with van der Waals surface area (Å²) in [6, 6.07) is 8.33. The third-order valence-electron chi connectivity index (χ3n) is 5.58. The van der Waals surface area contributed by atoms with Gasteiger partial charge in [-0.15, -0.1) is 24.0 Å². The Morgan fingerprint density at radius 2 is 1.87 bits per heavy atom. The van der Waals surface area contributed by atoms with Gasteiger partial charge in [-0.2, -0.15) is 0 Å². The number of nitrogens with one attached hydrogen (secondary N) is 1. The van der Waals surface area contributed by atoms with Crippen molar-refractivity contribution in [2.24, 2.45) is 4.99 Å². The van der Waals surface area contributed by atoms with Crippen molar-refractivity contribution in [3.8, 4) is 5.75 Å². The van der Waals surface area contributed by atoms with Crippen LogP contribution >= 0.6 is 24.0 Å². The fraction of sp³-hybridized carbons (Fsp3) is 0.682. The lowest BCUT2D eigenvalue weighted by atomic mass is 10.2. The van der Waals surface area contributed by atoms with E-state index >= 15 is 0 Å². The van der Waals surface area contributed by atoms with Gasteiger partial charge in [0.2, 0.25) is 0 Å². The van der Waals surface area contributed by atoms with Crippen molar-refractivity contribution in [1.29, 1.82) is 0 Å². The van der Waals surface area contributed by atoms with E-state index < -0.39 is 0 Å². The second kappa shape index (κ2) is 13.9. The number of hydrogen-bond donors (Lipinski definition) is 1. The first kappa shape index (κ1) is 25.0. The number of aliphatic imine (C=N–C) groups is 1. The van der Waals surface area contributed by atoms with E-state index in [4.69, 9.17) is 14.5 Å². The summed E-state index contributed by atoms with van der Waals surface area (Å²) in [4.78, 5) is 12.2. The summed E-state index contributed by atoms with van der Waals surface area (Å²) in [6.07, 6.45) is 2.34. The zero-order chi connectivity index (χ0) is 20.3. The minimum atomic E-state index is 0. The van der Waals surface area contributed by atoms with Crippen LogP contribution in [0.15, 0.2) is 29.3 Å². The van der Waals surface area contributed by atoms with Crippen molar-refractivity contribution in [2.45, 2.75) is 19.8 Å². The maximum absolute atomic E-state index is 5.41. The summed E-state index contributed by atoms with van der Waals surface area (Å²) in [6.45, 7) is 13.0. The lowest BCUT2D eigenvalue weighted by Crippen LogP contribution is -2.52. The summed E-state index contributed by atoms with van der Waals surface area (Å²) >= 11 is 0. The quantitative estimate of drug-likeness (QED) is 0.241.